The summed E-state index contributed by atoms with van der Waals surface area (Å²) < 4.78 is 11.5. The van der Waals surface area contributed by atoms with E-state index < -0.39 is 17.7 Å². The summed E-state index contributed by atoms with van der Waals surface area (Å²) in [5.41, 5.74) is 0.798. The highest BCUT2D eigenvalue weighted by atomic mass is 32.1. The Hall–Kier alpha value is -2.84. The number of ketones is 1. The molecule has 0 radical (unpaired) electrons. The molecule has 0 aliphatic carbocycles. The Balaban J connectivity index is 2.06. The van der Waals surface area contributed by atoms with Crippen molar-refractivity contribution in [2.24, 2.45) is 0 Å². The van der Waals surface area contributed by atoms with Crippen LogP contribution in [0.25, 0.3) is 0 Å². The predicted octanol–water partition coefficient (Wildman–Crippen LogP) is 4.47. The Bertz CT molecular complexity index is 998. The maximum Gasteiger partial charge on any atom is 0.290 e. The van der Waals surface area contributed by atoms with Crippen LogP contribution in [-0.2, 0) is 4.79 Å². The van der Waals surface area contributed by atoms with Crippen LogP contribution in [0.3, 0.4) is 0 Å². The number of hydrogen-bond donors (Lipinski definition) is 1. The molecule has 7 nitrogen and oxygen atoms in total. The lowest BCUT2D eigenvalue weighted by Gasteiger charge is -2.29. The summed E-state index contributed by atoms with van der Waals surface area (Å²) in [6, 6.07) is 8.20. The van der Waals surface area contributed by atoms with E-state index in [1.54, 1.807) is 34.5 Å². The number of benzene rings is 1. The smallest absolute Gasteiger partial charge is 0.290 e. The zero-order chi connectivity index (χ0) is 24.0. The number of Topliss-reactive ketones (excluding diaryl/α,β-unsaturated/α-hetero) is 1. The van der Waals surface area contributed by atoms with Gasteiger partial charge in [-0.25, -0.2) is 0 Å². The van der Waals surface area contributed by atoms with Gasteiger partial charge in [0, 0.05) is 13.1 Å². The van der Waals surface area contributed by atoms with Crippen molar-refractivity contribution < 1.29 is 24.2 Å². The summed E-state index contributed by atoms with van der Waals surface area (Å²) in [6.07, 6.45) is 0. The molecule has 0 fully saturated rings. The molecule has 0 saturated carbocycles. The normalized spacial score (nSPS) is 16.1. The number of aliphatic hydroxyl groups excluding tert-OH is 1. The van der Waals surface area contributed by atoms with E-state index in [0.717, 1.165) is 13.1 Å². The Morgan fingerprint density at radius 3 is 2.39 bits per heavy atom. The van der Waals surface area contributed by atoms with E-state index >= 15 is 0 Å². The van der Waals surface area contributed by atoms with Gasteiger partial charge in [-0.2, -0.15) is 0 Å². The lowest BCUT2D eigenvalue weighted by molar-refractivity contribution is -0.129. The largest absolute Gasteiger partial charge is 0.503 e. The van der Waals surface area contributed by atoms with Crippen molar-refractivity contribution in [3.63, 3.8) is 0 Å². The second-order valence-electron chi connectivity index (χ2n) is 7.57. The highest BCUT2D eigenvalue weighted by Crippen LogP contribution is 2.42. The van der Waals surface area contributed by atoms with Crippen LogP contribution in [0.1, 0.15) is 49.0 Å². The third kappa shape index (κ3) is 5.23. The van der Waals surface area contributed by atoms with Crippen molar-refractivity contribution in [1.82, 2.24) is 9.80 Å². The van der Waals surface area contributed by atoms with Gasteiger partial charge in [0.25, 0.3) is 5.91 Å². The van der Waals surface area contributed by atoms with Gasteiger partial charge < -0.3 is 24.4 Å². The molecule has 1 aromatic carbocycles. The number of thiophene rings is 1. The first-order chi connectivity index (χ1) is 16.0. The lowest BCUT2D eigenvalue weighted by atomic mass is 9.95. The second-order valence-corrected chi connectivity index (χ2v) is 8.52. The maximum atomic E-state index is 13.4. The number of amides is 1. The molecule has 33 heavy (non-hydrogen) atoms. The number of likely N-dealkylation sites (N-methyl/N-ethyl adjacent to an activating group) is 1. The van der Waals surface area contributed by atoms with Gasteiger partial charge in [0.15, 0.2) is 17.3 Å². The van der Waals surface area contributed by atoms with Crippen molar-refractivity contribution in [2.45, 2.75) is 33.7 Å². The summed E-state index contributed by atoms with van der Waals surface area (Å²) in [6.45, 7) is 11.6. The Labute approximate surface area is 199 Å². The van der Waals surface area contributed by atoms with Crippen LogP contribution in [0.2, 0.25) is 0 Å². The summed E-state index contributed by atoms with van der Waals surface area (Å²) in [5, 5.41) is 12.6. The molecule has 178 valence electrons. The van der Waals surface area contributed by atoms with Crippen LogP contribution >= 0.6 is 11.3 Å². The van der Waals surface area contributed by atoms with E-state index in [4.69, 9.17) is 9.47 Å². The third-order valence-corrected chi connectivity index (χ3v) is 6.60. The Morgan fingerprint density at radius 1 is 1.09 bits per heavy atom. The standard InChI is InChI=1S/C25H32N2O5S/c1-5-26(6-2)13-14-27-22(17-11-12-18(31-7-3)19(16-17)32-8-4)21(24(29)25(27)30)23(28)20-10-9-15-33-20/h9-12,15-16,22,29H,5-8,13-14H2,1-4H3/t22-/m0/s1. The molecule has 0 bridgehead atoms. The molecule has 2 aromatic rings. The molecule has 1 aliphatic heterocycles. The predicted molar refractivity (Wildman–Crippen MR) is 129 cm³/mol. The minimum absolute atomic E-state index is 0.105. The van der Waals surface area contributed by atoms with Gasteiger partial charge in [-0.05, 0) is 56.1 Å². The van der Waals surface area contributed by atoms with Gasteiger partial charge in [0.2, 0.25) is 5.78 Å². The molecule has 0 saturated heterocycles. The van der Waals surface area contributed by atoms with Crippen molar-refractivity contribution in [1.29, 1.82) is 0 Å². The van der Waals surface area contributed by atoms with E-state index in [0.29, 0.717) is 48.2 Å². The zero-order valence-corrected chi connectivity index (χ0v) is 20.5. The van der Waals surface area contributed by atoms with Crippen molar-refractivity contribution in [2.75, 3.05) is 39.4 Å². The number of aliphatic hydroxyl groups is 1. The molecule has 3 rings (SSSR count). The van der Waals surface area contributed by atoms with Crippen LogP contribution in [-0.4, -0.2) is 66.0 Å². The molecule has 0 unspecified atom stereocenters. The van der Waals surface area contributed by atoms with E-state index in [1.165, 1.54) is 11.3 Å². The van der Waals surface area contributed by atoms with Crippen LogP contribution in [0.15, 0.2) is 47.0 Å². The number of carbonyl (C=O) groups excluding carboxylic acids is 2. The van der Waals surface area contributed by atoms with E-state index in [2.05, 4.69) is 18.7 Å². The minimum atomic E-state index is -0.711. The first-order valence-electron chi connectivity index (χ1n) is 11.4. The fraction of sp³-hybridized carbons (Fsp3) is 0.440. The molecule has 1 aromatic heterocycles. The number of hydrogen-bond acceptors (Lipinski definition) is 7. The highest BCUT2D eigenvalue weighted by Gasteiger charge is 2.44. The number of carbonyl (C=O) groups is 2. The average Bonchev–Trinajstić information content (AvgIpc) is 3.44. The molecule has 0 spiro atoms. The summed E-state index contributed by atoms with van der Waals surface area (Å²) in [5.74, 6) is -0.203. The third-order valence-electron chi connectivity index (χ3n) is 5.73. The maximum absolute atomic E-state index is 13.4. The fourth-order valence-corrected chi connectivity index (χ4v) is 4.71. The fourth-order valence-electron chi connectivity index (χ4n) is 4.03. The van der Waals surface area contributed by atoms with Crippen molar-refractivity contribution in [3.8, 4) is 11.5 Å². The van der Waals surface area contributed by atoms with Crippen molar-refractivity contribution >= 4 is 23.0 Å². The van der Waals surface area contributed by atoms with Gasteiger partial charge in [-0.15, -0.1) is 11.3 Å². The van der Waals surface area contributed by atoms with Crippen LogP contribution in [0, 0.1) is 0 Å². The van der Waals surface area contributed by atoms with E-state index in [-0.39, 0.29) is 11.4 Å². The molecule has 1 N–H and O–H groups in total. The van der Waals surface area contributed by atoms with Gasteiger partial charge in [0.05, 0.1) is 29.7 Å². The Kier molecular flexibility index (Phi) is 8.52. The summed E-state index contributed by atoms with van der Waals surface area (Å²) >= 11 is 1.29. The topological polar surface area (TPSA) is 79.3 Å². The van der Waals surface area contributed by atoms with E-state index in [9.17, 15) is 14.7 Å². The lowest BCUT2D eigenvalue weighted by Crippen LogP contribution is -2.38. The molecule has 1 amide bonds. The Morgan fingerprint density at radius 2 is 1.79 bits per heavy atom. The molecule has 1 aliphatic rings. The first kappa shape index (κ1) is 24.8. The molecular weight excluding hydrogens is 440 g/mol. The zero-order valence-electron chi connectivity index (χ0n) is 19.7. The summed E-state index contributed by atoms with van der Waals surface area (Å²) in [7, 11) is 0. The molecular formula is C25H32N2O5S. The number of ether oxygens (including phenoxy) is 2. The van der Waals surface area contributed by atoms with Crippen LogP contribution in [0.4, 0.5) is 0 Å². The molecule has 1 atom stereocenters. The first-order valence-corrected chi connectivity index (χ1v) is 12.3. The van der Waals surface area contributed by atoms with Gasteiger partial charge in [-0.1, -0.05) is 26.0 Å². The number of rotatable bonds is 12. The van der Waals surface area contributed by atoms with Gasteiger partial charge >= 0.3 is 0 Å². The second kappa shape index (κ2) is 11.3. The van der Waals surface area contributed by atoms with Crippen LogP contribution < -0.4 is 9.47 Å². The number of nitrogens with zero attached hydrogens (tertiary/aromatic N) is 2. The highest BCUT2D eigenvalue weighted by molar-refractivity contribution is 7.12. The molecule has 8 heteroatoms. The van der Waals surface area contributed by atoms with Crippen molar-refractivity contribution in [3.05, 3.63) is 57.5 Å². The van der Waals surface area contributed by atoms with Gasteiger partial charge in [-0.3, -0.25) is 9.59 Å². The van der Waals surface area contributed by atoms with Gasteiger partial charge in [0.1, 0.15) is 0 Å². The van der Waals surface area contributed by atoms with Crippen LogP contribution in [0.5, 0.6) is 11.5 Å². The monoisotopic (exact) mass is 472 g/mol. The van der Waals surface area contributed by atoms with E-state index in [1.807, 2.05) is 19.9 Å². The minimum Gasteiger partial charge on any atom is -0.503 e. The SMILES string of the molecule is CCOc1ccc([C@H]2C(C(=O)c3cccs3)=C(O)C(=O)N2CCN(CC)CC)cc1OCC. The average molecular weight is 473 g/mol. The molecule has 2 heterocycles. The summed E-state index contributed by atoms with van der Waals surface area (Å²) in [4.78, 5) is 30.8. The quantitative estimate of drug-likeness (QED) is 0.459.